The van der Waals surface area contributed by atoms with Crippen LogP contribution in [-0.2, 0) is 14.6 Å². The smallest absolute Gasteiger partial charge is 0.336 e. The average Bonchev–Trinajstić information content (AvgIpc) is 3.19. The summed E-state index contributed by atoms with van der Waals surface area (Å²) in [6.45, 7) is 0. The molecule has 3 rings (SSSR count). The van der Waals surface area contributed by atoms with E-state index in [1.165, 1.54) is 14.2 Å². The number of methoxy groups -OCH3 is 2. The van der Waals surface area contributed by atoms with E-state index in [0.717, 1.165) is 32.1 Å². The van der Waals surface area contributed by atoms with Gasteiger partial charge in [0, 0.05) is 17.7 Å². The number of hydrogen-bond acceptors (Lipinski definition) is 8. The van der Waals surface area contributed by atoms with E-state index in [2.05, 4.69) is 15.5 Å². The number of carbonyl (C=O) groups excluding carboxylic acids is 1. The van der Waals surface area contributed by atoms with E-state index in [1.807, 2.05) is 0 Å². The molecule has 9 nitrogen and oxygen atoms in total. The lowest BCUT2D eigenvalue weighted by molar-refractivity contribution is -0.119. The molecule has 0 spiro atoms. The zero-order chi connectivity index (χ0) is 20.1. The molecule has 2 aromatic rings. The molecule has 1 heterocycles. The largest absolute Gasteiger partial charge is 0.497 e. The normalized spacial score (nSPS) is 15.2. The topological polar surface area (TPSA) is 121 Å². The van der Waals surface area contributed by atoms with E-state index in [4.69, 9.17) is 13.9 Å². The second kappa shape index (κ2) is 8.59. The van der Waals surface area contributed by atoms with Gasteiger partial charge < -0.3 is 19.2 Å². The third-order valence-electron chi connectivity index (χ3n) is 4.56. The molecule has 0 bridgehead atoms. The summed E-state index contributed by atoms with van der Waals surface area (Å²) in [5.41, 5.74) is 0.441. The van der Waals surface area contributed by atoms with Crippen LogP contribution in [0.5, 0.6) is 11.5 Å². The number of amides is 1. The van der Waals surface area contributed by atoms with Crippen molar-refractivity contribution in [3.05, 3.63) is 18.2 Å². The molecule has 1 fully saturated rings. The van der Waals surface area contributed by atoms with Crippen LogP contribution in [-0.4, -0.2) is 50.5 Å². The van der Waals surface area contributed by atoms with E-state index in [9.17, 15) is 13.2 Å². The zero-order valence-electron chi connectivity index (χ0n) is 15.8. The standard InChI is InChI=1S/C18H23N3O6S/c1-25-14-8-12(9-15(10-14)26-2)17-20-21-18(27-17)28(23,24)11-16(22)19-13-6-4-3-5-7-13/h8-10,13H,3-7,11H2,1-2H3,(H,19,22). The van der Waals surface area contributed by atoms with Gasteiger partial charge in [0.25, 0.3) is 0 Å². The maximum absolute atomic E-state index is 12.5. The molecule has 0 atom stereocenters. The third kappa shape index (κ3) is 4.80. The second-order valence-electron chi connectivity index (χ2n) is 6.64. The van der Waals surface area contributed by atoms with Crippen molar-refractivity contribution in [1.82, 2.24) is 15.5 Å². The molecule has 1 saturated carbocycles. The SMILES string of the molecule is COc1cc(OC)cc(-c2nnc(S(=O)(=O)CC(=O)NC3CCCCC3)o2)c1. The molecular formula is C18H23N3O6S. The number of rotatable bonds is 7. The van der Waals surface area contributed by atoms with Gasteiger partial charge in [-0.2, -0.15) is 0 Å². The van der Waals surface area contributed by atoms with Gasteiger partial charge in [-0.3, -0.25) is 4.79 Å². The molecule has 0 radical (unpaired) electrons. The number of benzene rings is 1. The Balaban J connectivity index is 1.74. The Hall–Kier alpha value is -2.62. The summed E-state index contributed by atoms with van der Waals surface area (Å²) in [5, 5.41) is 9.57. The second-order valence-corrected chi connectivity index (χ2v) is 8.50. The highest BCUT2D eigenvalue weighted by Gasteiger charge is 2.28. The van der Waals surface area contributed by atoms with Gasteiger partial charge in [-0.1, -0.05) is 24.4 Å². The van der Waals surface area contributed by atoms with E-state index in [1.54, 1.807) is 18.2 Å². The van der Waals surface area contributed by atoms with Crippen molar-refractivity contribution in [3.63, 3.8) is 0 Å². The predicted molar refractivity (Wildman–Crippen MR) is 99.9 cm³/mol. The van der Waals surface area contributed by atoms with Crippen LogP contribution in [0.3, 0.4) is 0 Å². The van der Waals surface area contributed by atoms with Gasteiger partial charge in [0.1, 0.15) is 17.3 Å². The minimum atomic E-state index is -4.04. The Bertz CT molecular complexity index is 912. The van der Waals surface area contributed by atoms with Gasteiger partial charge in [0.2, 0.25) is 21.6 Å². The average molecular weight is 409 g/mol. The monoisotopic (exact) mass is 409 g/mol. The number of aromatic nitrogens is 2. The lowest BCUT2D eigenvalue weighted by Gasteiger charge is -2.22. The van der Waals surface area contributed by atoms with Crippen LogP contribution in [0.2, 0.25) is 0 Å². The first kappa shape index (κ1) is 20.1. The highest BCUT2D eigenvalue weighted by Crippen LogP contribution is 2.29. The first-order valence-electron chi connectivity index (χ1n) is 9.00. The summed E-state index contributed by atoms with van der Waals surface area (Å²) in [7, 11) is -1.06. The van der Waals surface area contributed by atoms with Gasteiger partial charge in [-0.25, -0.2) is 8.42 Å². The fraction of sp³-hybridized carbons (Fsp3) is 0.500. The molecule has 1 aliphatic carbocycles. The van der Waals surface area contributed by atoms with Crippen molar-refractivity contribution < 1.29 is 27.1 Å². The van der Waals surface area contributed by atoms with Crippen molar-refractivity contribution in [1.29, 1.82) is 0 Å². The van der Waals surface area contributed by atoms with Crippen LogP contribution in [0.15, 0.2) is 27.8 Å². The molecule has 28 heavy (non-hydrogen) atoms. The van der Waals surface area contributed by atoms with Crippen LogP contribution in [0.25, 0.3) is 11.5 Å². The Labute approximate surface area is 163 Å². The Morgan fingerprint density at radius 3 is 2.36 bits per heavy atom. The van der Waals surface area contributed by atoms with Crippen LogP contribution in [0.1, 0.15) is 32.1 Å². The maximum atomic E-state index is 12.5. The number of carbonyl (C=O) groups is 1. The summed E-state index contributed by atoms with van der Waals surface area (Å²) < 4.78 is 40.6. The van der Waals surface area contributed by atoms with E-state index in [0.29, 0.717) is 17.1 Å². The Morgan fingerprint density at radius 1 is 1.11 bits per heavy atom. The minimum Gasteiger partial charge on any atom is -0.497 e. The molecule has 152 valence electrons. The van der Waals surface area contributed by atoms with Crippen LogP contribution >= 0.6 is 0 Å². The van der Waals surface area contributed by atoms with Gasteiger partial charge in [-0.05, 0) is 25.0 Å². The molecule has 1 aromatic heterocycles. The molecule has 0 aliphatic heterocycles. The number of ether oxygens (including phenoxy) is 2. The van der Waals surface area contributed by atoms with Crippen molar-refractivity contribution in [3.8, 4) is 23.0 Å². The van der Waals surface area contributed by atoms with Gasteiger partial charge in [0.05, 0.1) is 14.2 Å². The number of hydrogen-bond donors (Lipinski definition) is 1. The summed E-state index contributed by atoms with van der Waals surface area (Å²) in [6, 6.07) is 4.91. The molecule has 1 amide bonds. The van der Waals surface area contributed by atoms with Crippen molar-refractivity contribution in [2.75, 3.05) is 20.0 Å². The number of nitrogens with zero attached hydrogens (tertiary/aromatic N) is 2. The van der Waals surface area contributed by atoms with Crippen LogP contribution in [0.4, 0.5) is 0 Å². The molecule has 0 saturated heterocycles. The van der Waals surface area contributed by atoms with Gasteiger partial charge >= 0.3 is 5.22 Å². The highest BCUT2D eigenvalue weighted by molar-refractivity contribution is 7.91. The molecule has 1 aliphatic rings. The van der Waals surface area contributed by atoms with Crippen molar-refractivity contribution >= 4 is 15.7 Å². The lowest BCUT2D eigenvalue weighted by Crippen LogP contribution is -2.39. The predicted octanol–water partition coefficient (Wildman–Crippen LogP) is 1.98. The maximum Gasteiger partial charge on any atom is 0.336 e. The summed E-state index contributed by atoms with van der Waals surface area (Å²) in [6.07, 6.45) is 4.95. The summed E-state index contributed by atoms with van der Waals surface area (Å²) in [4.78, 5) is 12.1. The highest BCUT2D eigenvalue weighted by atomic mass is 32.2. The third-order valence-corrected chi connectivity index (χ3v) is 5.90. The zero-order valence-corrected chi connectivity index (χ0v) is 16.6. The molecule has 10 heteroatoms. The van der Waals surface area contributed by atoms with Crippen LogP contribution < -0.4 is 14.8 Å². The Kier molecular flexibility index (Phi) is 6.18. The first-order chi connectivity index (χ1) is 13.4. The van der Waals surface area contributed by atoms with Gasteiger partial charge in [0.15, 0.2) is 0 Å². The van der Waals surface area contributed by atoms with E-state index >= 15 is 0 Å². The molecule has 1 N–H and O–H groups in total. The molecule has 1 aromatic carbocycles. The molecular weight excluding hydrogens is 386 g/mol. The first-order valence-corrected chi connectivity index (χ1v) is 10.7. The van der Waals surface area contributed by atoms with Crippen molar-refractivity contribution in [2.45, 2.75) is 43.4 Å². The van der Waals surface area contributed by atoms with Gasteiger partial charge in [-0.15, -0.1) is 5.10 Å². The fourth-order valence-corrected chi connectivity index (χ4v) is 4.06. The fourth-order valence-electron chi connectivity index (χ4n) is 3.13. The summed E-state index contributed by atoms with van der Waals surface area (Å²) >= 11 is 0. The summed E-state index contributed by atoms with van der Waals surface area (Å²) in [5.74, 6) is -0.321. The minimum absolute atomic E-state index is 0.0107. The number of nitrogens with one attached hydrogen (secondary N) is 1. The van der Waals surface area contributed by atoms with E-state index in [-0.39, 0.29) is 11.9 Å². The van der Waals surface area contributed by atoms with Crippen LogP contribution in [0, 0.1) is 0 Å². The molecule has 0 unspecified atom stereocenters. The van der Waals surface area contributed by atoms with E-state index < -0.39 is 26.7 Å². The number of sulfone groups is 1. The lowest BCUT2D eigenvalue weighted by atomic mass is 9.95. The van der Waals surface area contributed by atoms with Crippen molar-refractivity contribution in [2.24, 2.45) is 0 Å². The quantitative estimate of drug-likeness (QED) is 0.737. The Morgan fingerprint density at radius 2 is 1.75 bits per heavy atom.